The number of pyridine rings is 1. The number of hydrogen-bond acceptors (Lipinski definition) is 4. The third-order valence-electron chi connectivity index (χ3n) is 5.20. The Morgan fingerprint density at radius 3 is 2.40 bits per heavy atom. The maximum Gasteiger partial charge on any atom is 0.429 e. The highest BCUT2D eigenvalue weighted by atomic mass is 35.5. The van der Waals surface area contributed by atoms with Gasteiger partial charge in [0.15, 0.2) is 0 Å². The minimum atomic E-state index is -4.78. The maximum absolute atomic E-state index is 13.1. The van der Waals surface area contributed by atoms with E-state index in [1.807, 2.05) is 6.07 Å². The Morgan fingerprint density at radius 1 is 0.971 bits per heavy atom. The fourth-order valence-electron chi connectivity index (χ4n) is 3.40. The predicted octanol–water partition coefficient (Wildman–Crippen LogP) is 7.23. The standard InChI is InChI=1S/C26H18ClF3N4O/c27-20-5-1-2-6-22(20)33-23(14-24(31)26(28,29)30)16-8-10-17(11-9-16)25(35)34-21-7-3-4-18-15-32-13-12-19(18)21/h1-13,15,31H,14H2,(H,34,35). The lowest BCUT2D eigenvalue weighted by atomic mass is 10.0. The molecule has 0 saturated carbocycles. The second-order valence-electron chi connectivity index (χ2n) is 7.60. The highest BCUT2D eigenvalue weighted by Gasteiger charge is 2.35. The Labute approximate surface area is 203 Å². The lowest BCUT2D eigenvalue weighted by Gasteiger charge is -2.12. The minimum absolute atomic E-state index is 0.00827. The van der Waals surface area contributed by atoms with E-state index in [-0.39, 0.29) is 22.3 Å². The molecule has 0 aliphatic rings. The summed E-state index contributed by atoms with van der Waals surface area (Å²) in [5, 5.41) is 12.2. The first kappa shape index (κ1) is 24.1. The molecule has 4 aromatic rings. The number of amides is 1. The number of benzene rings is 3. The van der Waals surface area contributed by atoms with Gasteiger partial charge in [-0.2, -0.15) is 13.2 Å². The molecule has 0 bridgehead atoms. The summed E-state index contributed by atoms with van der Waals surface area (Å²) in [7, 11) is 0. The van der Waals surface area contributed by atoms with Gasteiger partial charge in [0, 0.05) is 40.8 Å². The van der Waals surface area contributed by atoms with Crippen LogP contribution < -0.4 is 5.32 Å². The third-order valence-corrected chi connectivity index (χ3v) is 5.52. The highest BCUT2D eigenvalue weighted by molar-refractivity contribution is 6.33. The number of fused-ring (bicyclic) bond motifs is 1. The van der Waals surface area contributed by atoms with Crippen molar-refractivity contribution in [1.82, 2.24) is 4.98 Å². The lowest BCUT2D eigenvalue weighted by molar-refractivity contribution is -0.0605. The van der Waals surface area contributed by atoms with Crippen molar-refractivity contribution in [3.8, 4) is 0 Å². The first-order valence-corrected chi connectivity index (χ1v) is 10.8. The Kier molecular flexibility index (Phi) is 6.93. The maximum atomic E-state index is 13.1. The molecule has 176 valence electrons. The summed E-state index contributed by atoms with van der Waals surface area (Å²) in [5.74, 6) is -0.381. The van der Waals surface area contributed by atoms with E-state index in [1.54, 1.807) is 54.9 Å². The quantitative estimate of drug-likeness (QED) is 0.277. The SMILES string of the molecule is N=C(CC(=Nc1ccccc1Cl)c1ccc(C(=O)Nc2cccc3cnccc23)cc1)C(F)(F)F. The van der Waals surface area contributed by atoms with Gasteiger partial charge in [-0.3, -0.25) is 14.8 Å². The summed E-state index contributed by atoms with van der Waals surface area (Å²) in [4.78, 5) is 21.2. The van der Waals surface area contributed by atoms with Gasteiger partial charge >= 0.3 is 6.18 Å². The van der Waals surface area contributed by atoms with Crippen molar-refractivity contribution in [3.63, 3.8) is 0 Å². The fourth-order valence-corrected chi connectivity index (χ4v) is 3.58. The molecule has 35 heavy (non-hydrogen) atoms. The monoisotopic (exact) mass is 494 g/mol. The average Bonchev–Trinajstić information content (AvgIpc) is 2.84. The van der Waals surface area contributed by atoms with Crippen LogP contribution in [0, 0.1) is 5.41 Å². The van der Waals surface area contributed by atoms with Crippen LogP contribution in [0.15, 0.2) is 90.2 Å². The molecule has 1 heterocycles. The van der Waals surface area contributed by atoms with Gasteiger partial charge < -0.3 is 10.7 Å². The number of nitrogens with zero attached hydrogens (tertiary/aromatic N) is 2. The molecule has 1 aromatic heterocycles. The van der Waals surface area contributed by atoms with Crippen LogP contribution in [0.1, 0.15) is 22.3 Å². The Bertz CT molecular complexity index is 1430. The van der Waals surface area contributed by atoms with Gasteiger partial charge in [0.05, 0.1) is 16.4 Å². The van der Waals surface area contributed by atoms with E-state index < -0.39 is 18.3 Å². The second-order valence-corrected chi connectivity index (χ2v) is 8.00. The highest BCUT2D eigenvalue weighted by Crippen LogP contribution is 2.27. The van der Waals surface area contributed by atoms with E-state index in [0.29, 0.717) is 16.8 Å². The molecule has 0 fully saturated rings. The first-order chi connectivity index (χ1) is 16.7. The first-order valence-electron chi connectivity index (χ1n) is 10.4. The van der Waals surface area contributed by atoms with Crippen molar-refractivity contribution in [3.05, 3.63) is 101 Å². The molecule has 3 aromatic carbocycles. The Morgan fingerprint density at radius 2 is 1.69 bits per heavy atom. The van der Waals surface area contributed by atoms with Crippen LogP contribution in [0.2, 0.25) is 5.02 Å². The van der Waals surface area contributed by atoms with Crippen molar-refractivity contribution < 1.29 is 18.0 Å². The van der Waals surface area contributed by atoms with Gasteiger partial charge in [-0.25, -0.2) is 0 Å². The zero-order valence-electron chi connectivity index (χ0n) is 18.1. The van der Waals surface area contributed by atoms with Crippen molar-refractivity contribution in [2.75, 3.05) is 5.32 Å². The molecule has 5 nitrogen and oxygen atoms in total. The van der Waals surface area contributed by atoms with E-state index in [1.165, 1.54) is 24.3 Å². The molecular weight excluding hydrogens is 477 g/mol. The molecule has 0 aliphatic heterocycles. The molecule has 9 heteroatoms. The van der Waals surface area contributed by atoms with Crippen molar-refractivity contribution in [2.24, 2.45) is 4.99 Å². The molecule has 0 radical (unpaired) electrons. The topological polar surface area (TPSA) is 78.2 Å². The molecule has 1 amide bonds. The van der Waals surface area contributed by atoms with Gasteiger partial charge in [-0.05, 0) is 42.0 Å². The molecule has 0 aliphatic carbocycles. The van der Waals surface area contributed by atoms with E-state index in [2.05, 4.69) is 15.3 Å². The van der Waals surface area contributed by atoms with Crippen LogP contribution in [0.5, 0.6) is 0 Å². The summed E-state index contributed by atoms with van der Waals surface area (Å²) < 4.78 is 39.2. The van der Waals surface area contributed by atoms with Crippen molar-refractivity contribution in [2.45, 2.75) is 12.6 Å². The number of rotatable bonds is 6. The number of alkyl halides is 3. The number of hydrogen-bond donors (Lipinski definition) is 2. The van der Waals surface area contributed by atoms with Crippen LogP contribution in [0.3, 0.4) is 0 Å². The number of halogens is 4. The average molecular weight is 495 g/mol. The number of para-hydroxylation sites is 1. The van der Waals surface area contributed by atoms with Crippen LogP contribution in [-0.4, -0.2) is 28.5 Å². The normalized spacial score (nSPS) is 11.9. The number of nitrogens with one attached hydrogen (secondary N) is 2. The minimum Gasteiger partial charge on any atom is -0.321 e. The smallest absolute Gasteiger partial charge is 0.321 e. The Hall–Kier alpha value is -4.04. The lowest BCUT2D eigenvalue weighted by Crippen LogP contribution is -2.25. The van der Waals surface area contributed by atoms with Crippen molar-refractivity contribution >= 4 is 51.1 Å². The van der Waals surface area contributed by atoms with E-state index in [0.717, 1.165) is 10.8 Å². The van der Waals surface area contributed by atoms with Crippen molar-refractivity contribution in [1.29, 1.82) is 5.41 Å². The Balaban J connectivity index is 1.62. The van der Waals surface area contributed by atoms with Gasteiger partial charge in [0.1, 0.15) is 5.71 Å². The molecule has 0 spiro atoms. The predicted molar refractivity (Wildman–Crippen MR) is 132 cm³/mol. The zero-order valence-corrected chi connectivity index (χ0v) is 18.9. The van der Waals surface area contributed by atoms with E-state index in [4.69, 9.17) is 17.0 Å². The van der Waals surface area contributed by atoms with Crippen LogP contribution in [-0.2, 0) is 0 Å². The molecule has 4 rings (SSSR count). The van der Waals surface area contributed by atoms with Gasteiger partial charge in [-0.15, -0.1) is 0 Å². The number of carbonyl (C=O) groups is 1. The fraction of sp³-hybridized carbons (Fsp3) is 0.0769. The van der Waals surface area contributed by atoms with Gasteiger partial charge in [0.25, 0.3) is 5.91 Å². The molecule has 0 unspecified atom stereocenters. The number of carbonyl (C=O) groups excluding carboxylic acids is 1. The van der Waals surface area contributed by atoms with Crippen LogP contribution in [0.4, 0.5) is 24.5 Å². The third kappa shape index (κ3) is 5.73. The summed E-state index contributed by atoms with van der Waals surface area (Å²) in [6.45, 7) is 0. The number of aliphatic imine (C=N–C) groups is 1. The zero-order chi connectivity index (χ0) is 25.0. The van der Waals surface area contributed by atoms with E-state index >= 15 is 0 Å². The number of anilines is 1. The molecule has 0 atom stereocenters. The summed E-state index contributed by atoms with van der Waals surface area (Å²) in [5.41, 5.74) is 0.115. The number of aromatic nitrogens is 1. The summed E-state index contributed by atoms with van der Waals surface area (Å²) in [6, 6.07) is 19.7. The van der Waals surface area contributed by atoms with Crippen LogP contribution in [0.25, 0.3) is 10.8 Å². The second kappa shape index (κ2) is 10.1. The summed E-state index contributed by atoms with van der Waals surface area (Å²) in [6.07, 6.45) is -2.21. The molecule has 0 saturated heterocycles. The van der Waals surface area contributed by atoms with Gasteiger partial charge in [0.2, 0.25) is 0 Å². The van der Waals surface area contributed by atoms with Gasteiger partial charge in [-0.1, -0.05) is 48.0 Å². The molecule has 2 N–H and O–H groups in total. The van der Waals surface area contributed by atoms with Crippen LogP contribution >= 0.6 is 11.6 Å². The molecular formula is C26H18ClF3N4O. The van der Waals surface area contributed by atoms with E-state index in [9.17, 15) is 18.0 Å². The summed E-state index contributed by atoms with van der Waals surface area (Å²) >= 11 is 6.13. The largest absolute Gasteiger partial charge is 0.429 e.